The summed E-state index contributed by atoms with van der Waals surface area (Å²) in [5.41, 5.74) is 1.90. The summed E-state index contributed by atoms with van der Waals surface area (Å²) < 4.78 is 6.01. The van der Waals surface area contributed by atoms with E-state index in [4.69, 9.17) is 4.74 Å². The average Bonchev–Trinajstić information content (AvgIpc) is 2.52. The van der Waals surface area contributed by atoms with E-state index in [1.54, 1.807) is 0 Å². The zero-order valence-corrected chi connectivity index (χ0v) is 12.8. The summed E-state index contributed by atoms with van der Waals surface area (Å²) in [7, 11) is 0. The van der Waals surface area contributed by atoms with Gasteiger partial charge >= 0.3 is 0 Å². The molecule has 0 aliphatic rings. The molecule has 0 heterocycles. The van der Waals surface area contributed by atoms with Gasteiger partial charge in [0.1, 0.15) is 12.2 Å². The van der Waals surface area contributed by atoms with E-state index < -0.39 is 6.10 Å². The summed E-state index contributed by atoms with van der Waals surface area (Å²) in [5, 5.41) is 10.7. The minimum Gasteiger partial charge on any atom is -0.385 e. The Balaban J connectivity index is 2.15. The van der Waals surface area contributed by atoms with Crippen LogP contribution in [0.2, 0.25) is 0 Å². The largest absolute Gasteiger partial charge is 0.385 e. The summed E-state index contributed by atoms with van der Waals surface area (Å²) >= 11 is 0. The highest BCUT2D eigenvalue weighted by Gasteiger charge is 2.23. The van der Waals surface area contributed by atoms with E-state index in [-0.39, 0.29) is 6.10 Å². The van der Waals surface area contributed by atoms with Gasteiger partial charge in [-0.25, -0.2) is 0 Å². The van der Waals surface area contributed by atoms with Gasteiger partial charge in [0.15, 0.2) is 0 Å². The molecule has 0 bridgehead atoms. The maximum Gasteiger partial charge on any atom is 0.113 e. The molecule has 0 aliphatic heterocycles. The first-order valence-corrected chi connectivity index (χ1v) is 7.58. The van der Waals surface area contributed by atoms with Gasteiger partial charge in [0.25, 0.3) is 0 Å². The predicted octanol–water partition coefficient (Wildman–Crippen LogP) is 4.52. The van der Waals surface area contributed by atoms with Crippen molar-refractivity contribution in [1.82, 2.24) is 0 Å². The highest BCUT2D eigenvalue weighted by atomic mass is 16.5. The molecule has 0 saturated carbocycles. The van der Waals surface area contributed by atoms with Gasteiger partial charge in [0, 0.05) is 6.61 Å². The molecule has 2 nitrogen and oxygen atoms in total. The summed E-state index contributed by atoms with van der Waals surface area (Å²) in [4.78, 5) is 0. The van der Waals surface area contributed by atoms with Crippen LogP contribution in [0, 0.1) is 5.92 Å². The molecule has 0 aliphatic carbocycles. The van der Waals surface area contributed by atoms with Crippen molar-refractivity contribution >= 4 is 0 Å². The van der Waals surface area contributed by atoms with E-state index in [1.807, 2.05) is 60.7 Å². The third kappa shape index (κ3) is 4.69. The second-order valence-corrected chi connectivity index (χ2v) is 5.74. The topological polar surface area (TPSA) is 29.5 Å². The molecule has 2 unspecified atom stereocenters. The number of hydrogen-bond donors (Lipinski definition) is 1. The van der Waals surface area contributed by atoms with Crippen molar-refractivity contribution in [2.24, 2.45) is 5.92 Å². The molecule has 2 aromatic rings. The number of aliphatic hydroxyl groups excluding tert-OH is 1. The fraction of sp³-hybridized carbons (Fsp3) is 0.368. The Morgan fingerprint density at radius 1 is 0.857 bits per heavy atom. The fourth-order valence-electron chi connectivity index (χ4n) is 2.27. The van der Waals surface area contributed by atoms with Crippen molar-refractivity contribution < 1.29 is 9.84 Å². The van der Waals surface area contributed by atoms with E-state index in [2.05, 4.69) is 13.8 Å². The molecule has 2 heteroatoms. The molecule has 0 aromatic heterocycles. The minimum atomic E-state index is -0.652. The highest BCUT2D eigenvalue weighted by Crippen LogP contribution is 2.32. The molecule has 2 atom stereocenters. The summed E-state index contributed by atoms with van der Waals surface area (Å²) in [6, 6.07) is 19.6. The van der Waals surface area contributed by atoms with Crippen LogP contribution < -0.4 is 0 Å². The van der Waals surface area contributed by atoms with E-state index in [0.29, 0.717) is 12.5 Å². The van der Waals surface area contributed by atoms with Gasteiger partial charge < -0.3 is 9.84 Å². The van der Waals surface area contributed by atoms with Crippen LogP contribution in [0.4, 0.5) is 0 Å². The predicted molar refractivity (Wildman–Crippen MR) is 86.0 cm³/mol. The summed E-state index contributed by atoms with van der Waals surface area (Å²) in [5.74, 6) is 0.593. The Morgan fingerprint density at radius 3 is 1.90 bits per heavy atom. The monoisotopic (exact) mass is 284 g/mol. The lowest BCUT2D eigenvalue weighted by Crippen LogP contribution is -2.16. The van der Waals surface area contributed by atoms with Gasteiger partial charge in [-0.1, -0.05) is 74.5 Å². The number of rotatable bonds is 7. The smallest absolute Gasteiger partial charge is 0.113 e. The van der Waals surface area contributed by atoms with Gasteiger partial charge in [-0.2, -0.15) is 0 Å². The molecule has 1 N–H and O–H groups in total. The standard InChI is InChI=1S/C19H24O2/c1-15(2)13-14-21-19(17-11-7-4-8-12-17)18(20)16-9-5-3-6-10-16/h3-12,15,18-20H,13-14H2,1-2H3. The molecule has 0 spiro atoms. The Kier molecular flexibility index (Phi) is 5.97. The Bertz CT molecular complexity index is 508. The maximum absolute atomic E-state index is 10.7. The van der Waals surface area contributed by atoms with E-state index in [0.717, 1.165) is 17.5 Å². The number of ether oxygens (including phenoxy) is 1. The lowest BCUT2D eigenvalue weighted by atomic mass is 9.98. The fourth-order valence-corrected chi connectivity index (χ4v) is 2.27. The second kappa shape index (κ2) is 7.96. The van der Waals surface area contributed by atoms with Crippen molar-refractivity contribution in [1.29, 1.82) is 0 Å². The normalized spacial score (nSPS) is 14.1. The third-order valence-corrected chi connectivity index (χ3v) is 3.55. The highest BCUT2D eigenvalue weighted by molar-refractivity contribution is 5.25. The summed E-state index contributed by atoms with van der Waals surface area (Å²) in [6.07, 6.45) is 0.0123. The average molecular weight is 284 g/mol. The quantitative estimate of drug-likeness (QED) is 0.809. The lowest BCUT2D eigenvalue weighted by molar-refractivity contribution is -0.0442. The lowest BCUT2D eigenvalue weighted by Gasteiger charge is -2.24. The number of aliphatic hydroxyl groups is 1. The molecule has 0 saturated heterocycles. The van der Waals surface area contributed by atoms with Gasteiger partial charge in [0.05, 0.1) is 0 Å². The van der Waals surface area contributed by atoms with Crippen LogP contribution >= 0.6 is 0 Å². The molecule has 0 amide bonds. The van der Waals surface area contributed by atoms with E-state index >= 15 is 0 Å². The van der Waals surface area contributed by atoms with E-state index in [9.17, 15) is 5.11 Å². The van der Waals surface area contributed by atoms with Crippen molar-refractivity contribution in [2.45, 2.75) is 32.5 Å². The number of hydrogen-bond acceptors (Lipinski definition) is 2. The maximum atomic E-state index is 10.7. The van der Waals surface area contributed by atoms with Crippen LogP contribution in [0.5, 0.6) is 0 Å². The van der Waals surface area contributed by atoms with Crippen LogP contribution in [-0.4, -0.2) is 11.7 Å². The molecule has 0 fully saturated rings. The van der Waals surface area contributed by atoms with Crippen LogP contribution in [0.1, 0.15) is 43.6 Å². The van der Waals surface area contributed by atoms with Crippen molar-refractivity contribution in [3.05, 3.63) is 71.8 Å². The van der Waals surface area contributed by atoms with Crippen LogP contribution in [-0.2, 0) is 4.74 Å². The Hall–Kier alpha value is -1.64. The first-order chi connectivity index (χ1) is 10.2. The van der Waals surface area contributed by atoms with Crippen LogP contribution in [0.25, 0.3) is 0 Å². The second-order valence-electron chi connectivity index (χ2n) is 5.74. The SMILES string of the molecule is CC(C)CCOC(c1ccccc1)C(O)c1ccccc1. The van der Waals surface area contributed by atoms with Gasteiger partial charge in [-0.05, 0) is 23.5 Å². The summed E-state index contributed by atoms with van der Waals surface area (Å²) in [6.45, 7) is 5.00. The molecule has 112 valence electrons. The first kappa shape index (κ1) is 15.7. The first-order valence-electron chi connectivity index (χ1n) is 7.58. The van der Waals surface area contributed by atoms with Gasteiger partial charge in [-0.3, -0.25) is 0 Å². The van der Waals surface area contributed by atoms with Crippen molar-refractivity contribution in [3.8, 4) is 0 Å². The zero-order chi connectivity index (χ0) is 15.1. The molecule has 2 rings (SSSR count). The Labute approximate surface area is 127 Å². The molecular formula is C19H24O2. The number of benzene rings is 2. The zero-order valence-electron chi connectivity index (χ0n) is 12.8. The molecule has 2 aromatic carbocycles. The molecule has 0 radical (unpaired) electrons. The third-order valence-electron chi connectivity index (χ3n) is 3.55. The van der Waals surface area contributed by atoms with Crippen molar-refractivity contribution in [3.63, 3.8) is 0 Å². The Morgan fingerprint density at radius 2 is 1.38 bits per heavy atom. The van der Waals surface area contributed by atoms with Crippen molar-refractivity contribution in [2.75, 3.05) is 6.61 Å². The minimum absolute atomic E-state index is 0.327. The molecule has 21 heavy (non-hydrogen) atoms. The van der Waals surface area contributed by atoms with Gasteiger partial charge in [0.2, 0.25) is 0 Å². The van der Waals surface area contributed by atoms with Crippen LogP contribution in [0.3, 0.4) is 0 Å². The van der Waals surface area contributed by atoms with E-state index in [1.165, 1.54) is 0 Å². The van der Waals surface area contributed by atoms with Gasteiger partial charge in [-0.15, -0.1) is 0 Å². The molecular weight excluding hydrogens is 260 g/mol. The van der Waals surface area contributed by atoms with Crippen LogP contribution in [0.15, 0.2) is 60.7 Å².